The molecule has 4 heteroatoms. The van der Waals surface area contributed by atoms with E-state index < -0.39 is 0 Å². The monoisotopic (exact) mass is 283 g/mol. The summed E-state index contributed by atoms with van der Waals surface area (Å²) in [4.78, 5) is 0. The van der Waals surface area contributed by atoms with E-state index >= 15 is 0 Å². The molecular formula is C16H17N3S. The first-order valence-electron chi connectivity index (χ1n) is 6.68. The molecule has 0 unspecified atom stereocenters. The lowest BCUT2D eigenvalue weighted by atomic mass is 10.1. The minimum Gasteiger partial charge on any atom is -0.311 e. The van der Waals surface area contributed by atoms with Crippen molar-refractivity contribution in [1.29, 1.82) is 0 Å². The zero-order valence-electron chi connectivity index (χ0n) is 11.2. The van der Waals surface area contributed by atoms with Gasteiger partial charge in [0, 0.05) is 18.5 Å². The molecule has 2 heterocycles. The van der Waals surface area contributed by atoms with Crippen molar-refractivity contribution in [1.82, 2.24) is 15.1 Å². The van der Waals surface area contributed by atoms with E-state index in [1.54, 1.807) is 11.3 Å². The largest absolute Gasteiger partial charge is 0.311 e. The van der Waals surface area contributed by atoms with Crippen molar-refractivity contribution in [2.24, 2.45) is 0 Å². The third-order valence-electron chi connectivity index (χ3n) is 3.29. The molecule has 0 aliphatic heterocycles. The van der Waals surface area contributed by atoms with Crippen molar-refractivity contribution in [2.45, 2.75) is 6.54 Å². The second-order valence-corrected chi connectivity index (χ2v) is 5.43. The summed E-state index contributed by atoms with van der Waals surface area (Å²) in [5, 5.41) is 13.2. The number of rotatable bonds is 6. The maximum Gasteiger partial charge on any atom is 0.0689 e. The number of hydrogen-bond donors (Lipinski definition) is 1. The van der Waals surface area contributed by atoms with Gasteiger partial charge in [-0.05, 0) is 34.0 Å². The molecule has 0 amide bonds. The van der Waals surface area contributed by atoms with E-state index in [-0.39, 0.29) is 0 Å². The van der Waals surface area contributed by atoms with E-state index in [1.807, 2.05) is 12.3 Å². The number of nitrogens with zero attached hydrogens (tertiary/aromatic N) is 2. The van der Waals surface area contributed by atoms with Gasteiger partial charge in [0.15, 0.2) is 0 Å². The van der Waals surface area contributed by atoms with Crippen molar-refractivity contribution in [2.75, 3.05) is 13.1 Å². The fourth-order valence-electron chi connectivity index (χ4n) is 2.25. The molecule has 20 heavy (non-hydrogen) atoms. The zero-order valence-corrected chi connectivity index (χ0v) is 12.1. The van der Waals surface area contributed by atoms with Crippen LogP contribution in [0.15, 0.2) is 53.9 Å². The number of nitrogens with one attached hydrogen (secondary N) is 1. The van der Waals surface area contributed by atoms with Gasteiger partial charge in [-0.25, -0.2) is 0 Å². The average Bonchev–Trinajstić information content (AvgIpc) is 3.13. The van der Waals surface area contributed by atoms with E-state index in [0.29, 0.717) is 0 Å². The van der Waals surface area contributed by atoms with Crippen LogP contribution in [0.1, 0.15) is 0 Å². The highest BCUT2D eigenvalue weighted by atomic mass is 32.1. The van der Waals surface area contributed by atoms with Crippen molar-refractivity contribution in [3.05, 3.63) is 53.9 Å². The van der Waals surface area contributed by atoms with Crippen molar-refractivity contribution in [3.8, 4) is 11.1 Å². The quantitative estimate of drug-likeness (QED) is 0.554. The zero-order chi connectivity index (χ0) is 13.8. The van der Waals surface area contributed by atoms with E-state index in [4.69, 9.17) is 0 Å². The molecule has 0 saturated heterocycles. The predicted molar refractivity (Wildman–Crippen MR) is 86.1 cm³/mol. The molecule has 0 atom stereocenters. The summed E-state index contributed by atoms with van der Waals surface area (Å²) in [5.74, 6) is 0. The minimum atomic E-state index is 0.833. The first kappa shape index (κ1) is 13.1. The molecule has 0 fully saturated rings. The first-order valence-corrected chi connectivity index (χ1v) is 7.62. The van der Waals surface area contributed by atoms with Crippen molar-refractivity contribution >= 4 is 22.2 Å². The summed E-state index contributed by atoms with van der Waals surface area (Å²) >= 11 is 1.72. The fraction of sp³-hybridized carbons (Fsp3) is 0.188. The highest BCUT2D eigenvalue weighted by molar-refractivity contribution is 7.08. The maximum absolute atomic E-state index is 4.47. The highest BCUT2D eigenvalue weighted by Gasteiger charge is 2.05. The van der Waals surface area contributed by atoms with Gasteiger partial charge in [0.2, 0.25) is 0 Å². The molecule has 2 aromatic heterocycles. The summed E-state index contributed by atoms with van der Waals surface area (Å²) in [7, 11) is 0. The van der Waals surface area contributed by atoms with Crippen LogP contribution in [0.4, 0.5) is 0 Å². The molecule has 1 aromatic carbocycles. The summed E-state index contributed by atoms with van der Waals surface area (Å²) in [6.45, 7) is 6.29. The second-order valence-electron chi connectivity index (χ2n) is 4.65. The van der Waals surface area contributed by atoms with Crippen LogP contribution in [-0.4, -0.2) is 22.9 Å². The van der Waals surface area contributed by atoms with E-state index in [2.05, 4.69) is 56.7 Å². The summed E-state index contributed by atoms with van der Waals surface area (Å²) in [6, 6.07) is 8.67. The van der Waals surface area contributed by atoms with Crippen molar-refractivity contribution < 1.29 is 0 Å². The Kier molecular flexibility index (Phi) is 3.95. The smallest absolute Gasteiger partial charge is 0.0689 e. The molecule has 102 valence electrons. The summed E-state index contributed by atoms with van der Waals surface area (Å²) < 4.78 is 2.06. The lowest BCUT2D eigenvalue weighted by molar-refractivity contribution is 0.588. The van der Waals surface area contributed by atoms with E-state index in [0.717, 1.165) is 19.6 Å². The highest BCUT2D eigenvalue weighted by Crippen LogP contribution is 2.26. The molecule has 0 aliphatic carbocycles. The Morgan fingerprint density at radius 1 is 1.30 bits per heavy atom. The van der Waals surface area contributed by atoms with Crippen LogP contribution in [-0.2, 0) is 6.54 Å². The molecule has 3 aromatic rings. The number of hydrogen-bond acceptors (Lipinski definition) is 3. The number of benzene rings is 1. The van der Waals surface area contributed by atoms with Gasteiger partial charge in [0.05, 0.1) is 18.3 Å². The Bertz CT molecular complexity index is 698. The van der Waals surface area contributed by atoms with E-state index in [1.165, 1.54) is 22.0 Å². The number of fused-ring (bicyclic) bond motifs is 1. The van der Waals surface area contributed by atoms with Crippen LogP contribution in [0, 0.1) is 0 Å². The molecule has 3 rings (SSSR count). The van der Waals surface area contributed by atoms with Gasteiger partial charge in [0.1, 0.15) is 0 Å². The lowest BCUT2D eigenvalue weighted by Crippen LogP contribution is -2.20. The van der Waals surface area contributed by atoms with Crippen LogP contribution in [0.3, 0.4) is 0 Å². The third-order valence-corrected chi connectivity index (χ3v) is 3.97. The molecule has 3 nitrogen and oxygen atoms in total. The predicted octanol–water partition coefficient (Wildman–Crippen LogP) is 3.54. The van der Waals surface area contributed by atoms with Gasteiger partial charge in [-0.3, -0.25) is 4.68 Å². The lowest BCUT2D eigenvalue weighted by Gasteiger charge is -2.05. The van der Waals surface area contributed by atoms with Gasteiger partial charge in [-0.2, -0.15) is 16.4 Å². The summed E-state index contributed by atoms with van der Waals surface area (Å²) in [5.41, 5.74) is 3.71. The Labute approximate surface area is 122 Å². The van der Waals surface area contributed by atoms with Crippen LogP contribution >= 0.6 is 11.3 Å². The van der Waals surface area contributed by atoms with Crippen LogP contribution in [0.2, 0.25) is 0 Å². The Balaban J connectivity index is 1.86. The van der Waals surface area contributed by atoms with Crippen LogP contribution in [0.25, 0.3) is 22.0 Å². The minimum absolute atomic E-state index is 0.833. The Morgan fingerprint density at radius 3 is 3.05 bits per heavy atom. The topological polar surface area (TPSA) is 29.9 Å². The van der Waals surface area contributed by atoms with Gasteiger partial charge < -0.3 is 5.32 Å². The molecular weight excluding hydrogens is 266 g/mol. The molecule has 0 radical (unpaired) electrons. The first-order chi connectivity index (χ1) is 9.88. The molecule has 0 aliphatic rings. The molecule has 0 spiro atoms. The van der Waals surface area contributed by atoms with E-state index in [9.17, 15) is 0 Å². The second kappa shape index (κ2) is 6.03. The van der Waals surface area contributed by atoms with Gasteiger partial charge in [0.25, 0.3) is 0 Å². The average molecular weight is 283 g/mol. The van der Waals surface area contributed by atoms with Gasteiger partial charge >= 0.3 is 0 Å². The normalized spacial score (nSPS) is 11.0. The van der Waals surface area contributed by atoms with Crippen molar-refractivity contribution in [3.63, 3.8) is 0 Å². The fourth-order valence-corrected chi connectivity index (χ4v) is 2.91. The third kappa shape index (κ3) is 2.66. The standard InChI is InChI=1S/C16H17N3S/c1-2-6-17-7-8-19-16-10-13(15-5-9-20-12-15)3-4-14(16)11-18-19/h2-5,9-12,17H,1,6-8H2. The van der Waals surface area contributed by atoms with Gasteiger partial charge in [-0.1, -0.05) is 18.2 Å². The van der Waals surface area contributed by atoms with Crippen LogP contribution < -0.4 is 5.32 Å². The van der Waals surface area contributed by atoms with Crippen LogP contribution in [0.5, 0.6) is 0 Å². The Hall–Kier alpha value is -1.91. The SMILES string of the molecule is C=CCNCCn1ncc2ccc(-c3ccsc3)cc21. The number of aromatic nitrogens is 2. The number of thiophene rings is 1. The maximum atomic E-state index is 4.47. The molecule has 0 saturated carbocycles. The molecule has 1 N–H and O–H groups in total. The summed E-state index contributed by atoms with van der Waals surface area (Å²) in [6.07, 6.45) is 3.80. The Morgan fingerprint density at radius 2 is 2.25 bits per heavy atom. The van der Waals surface area contributed by atoms with Gasteiger partial charge in [-0.15, -0.1) is 6.58 Å². The molecule has 0 bridgehead atoms.